The van der Waals surface area contributed by atoms with Crippen LogP contribution >= 0.6 is 0 Å². The summed E-state index contributed by atoms with van der Waals surface area (Å²) in [7, 11) is 0.939. The van der Waals surface area contributed by atoms with Gasteiger partial charge in [-0.1, -0.05) is 32.9 Å². The minimum Gasteiger partial charge on any atom is -0.343 e. The molecule has 2 amide bonds. The molecule has 4 rings (SSSR count). The quantitative estimate of drug-likeness (QED) is 0.523. The molecule has 1 atom stereocenters. The molecule has 218 valence electrons. The topological polar surface area (TPSA) is 81.8 Å². The zero-order valence-corrected chi connectivity index (χ0v) is 24.7. The van der Waals surface area contributed by atoms with Crippen molar-refractivity contribution in [3.05, 3.63) is 71.3 Å². The lowest BCUT2D eigenvalue weighted by Crippen LogP contribution is -2.51. The van der Waals surface area contributed by atoms with Crippen LogP contribution in [0.5, 0.6) is 0 Å². The summed E-state index contributed by atoms with van der Waals surface area (Å²) in [6.45, 7) is 9.28. The van der Waals surface area contributed by atoms with Gasteiger partial charge in [-0.25, -0.2) is 17.3 Å². The van der Waals surface area contributed by atoms with Crippen molar-refractivity contribution in [2.24, 2.45) is 0 Å². The van der Waals surface area contributed by atoms with E-state index in [0.717, 1.165) is 12.5 Å². The summed E-state index contributed by atoms with van der Waals surface area (Å²) in [5.74, 6) is -0.414. The number of benzene rings is 2. The zero-order valence-electron chi connectivity index (χ0n) is 23.8. The summed E-state index contributed by atoms with van der Waals surface area (Å²) in [6.07, 6.45) is 5.41. The second kappa shape index (κ2) is 19.4. The Balaban J connectivity index is 0.000000366. The minimum atomic E-state index is -1.02. The van der Waals surface area contributed by atoms with Gasteiger partial charge in [-0.3, -0.25) is 9.59 Å². The average molecular weight is 567 g/mol. The maximum atomic E-state index is 12.8. The maximum Gasteiger partial charge on any atom is 0.251 e. The molecule has 2 N–H and O–H groups in total. The first kappa shape index (κ1) is 34.3. The van der Waals surface area contributed by atoms with Gasteiger partial charge in [-0.15, -0.1) is 0 Å². The molecule has 1 aliphatic carbocycles. The Hall–Kier alpha value is -2.69. The second-order valence-corrected chi connectivity index (χ2v) is 10.2. The van der Waals surface area contributed by atoms with Crippen LogP contribution in [0.15, 0.2) is 48.5 Å². The third-order valence-corrected chi connectivity index (χ3v) is 6.97. The van der Waals surface area contributed by atoms with Crippen LogP contribution in [0.2, 0.25) is 0 Å². The molecule has 1 saturated heterocycles. The smallest absolute Gasteiger partial charge is 0.251 e. The number of rotatable bonds is 7. The molecule has 2 fully saturated rings. The van der Waals surface area contributed by atoms with E-state index >= 15 is 0 Å². The Labute approximate surface area is 234 Å². The molecule has 2 aromatic carbocycles. The normalized spacial score (nSPS) is 15.3. The first-order valence-electron chi connectivity index (χ1n) is 13.5. The number of amides is 2. The molecule has 0 bridgehead atoms. The first-order valence-corrected chi connectivity index (χ1v) is 15.1. The average Bonchev–Trinajstić information content (AvgIpc) is 3.80. The summed E-state index contributed by atoms with van der Waals surface area (Å²) in [4.78, 5) is 25.5. The Bertz CT molecular complexity index is 993. The molecule has 1 saturated carbocycles. The Kier molecular flexibility index (Phi) is 17.1. The number of nitrogens with zero attached hydrogens (tertiary/aromatic N) is 2. The van der Waals surface area contributed by atoms with Gasteiger partial charge in [0.05, 0.1) is 17.5 Å². The Morgan fingerprint density at radius 1 is 0.923 bits per heavy atom. The summed E-state index contributed by atoms with van der Waals surface area (Å²) in [6, 6.07) is 12.0. The van der Waals surface area contributed by atoms with Crippen LogP contribution in [-0.2, 0) is 15.8 Å². The van der Waals surface area contributed by atoms with Gasteiger partial charge in [0.2, 0.25) is 5.91 Å². The third kappa shape index (κ3) is 13.8. The molecular formula is C29H44F2N4O3S. The van der Waals surface area contributed by atoms with Crippen molar-refractivity contribution in [1.29, 1.82) is 0 Å². The molecular weight excluding hydrogens is 522 g/mol. The predicted molar refractivity (Wildman–Crippen MR) is 155 cm³/mol. The van der Waals surface area contributed by atoms with Gasteiger partial charge in [0.25, 0.3) is 5.91 Å². The van der Waals surface area contributed by atoms with Crippen molar-refractivity contribution >= 4 is 22.8 Å². The number of carbonyl (C=O) groups excluding carboxylic acids is 2. The van der Waals surface area contributed by atoms with Gasteiger partial charge in [-0.2, -0.15) is 0 Å². The molecule has 1 heterocycles. The first-order chi connectivity index (χ1) is 18.7. The van der Waals surface area contributed by atoms with Crippen molar-refractivity contribution < 1.29 is 22.6 Å². The summed E-state index contributed by atoms with van der Waals surface area (Å²) in [5, 5.41) is 5.54. The largest absolute Gasteiger partial charge is 0.343 e. The molecule has 1 aliphatic heterocycles. The van der Waals surface area contributed by atoms with Crippen LogP contribution in [0.3, 0.4) is 0 Å². The van der Waals surface area contributed by atoms with E-state index in [9.17, 15) is 22.6 Å². The molecule has 1 unspecified atom stereocenters. The van der Waals surface area contributed by atoms with E-state index in [1.807, 2.05) is 33.0 Å². The van der Waals surface area contributed by atoms with Gasteiger partial charge in [0.15, 0.2) is 0 Å². The minimum absolute atomic E-state index is 0.106. The highest BCUT2D eigenvalue weighted by atomic mass is 32.2. The van der Waals surface area contributed by atoms with Crippen LogP contribution in [0, 0.1) is 11.6 Å². The fourth-order valence-corrected chi connectivity index (χ4v) is 4.24. The Morgan fingerprint density at radius 2 is 1.44 bits per heavy atom. The number of carbonyl (C=O) groups is 2. The van der Waals surface area contributed by atoms with Crippen LogP contribution < -0.4 is 10.6 Å². The van der Waals surface area contributed by atoms with Crippen molar-refractivity contribution in [3.8, 4) is 0 Å². The van der Waals surface area contributed by atoms with Gasteiger partial charge < -0.3 is 15.5 Å². The molecule has 0 spiro atoms. The van der Waals surface area contributed by atoms with Crippen molar-refractivity contribution in [2.45, 2.75) is 46.0 Å². The number of piperazine rings is 1. The lowest BCUT2D eigenvalue weighted by Gasteiger charge is -2.33. The highest BCUT2D eigenvalue weighted by Gasteiger charge is 2.23. The molecule has 2 aliphatic rings. The standard InChI is InChI=1S/C14H18FN3O3S.C9H9F.C4H11N.C2H6/c1-22(21)18-8-6-17(7-9-18)13(19)10-16-14(20)11-2-4-12(15)5-3-11;10-9-5-3-8(4-6-9)7-1-2-7;1-3-4-5-2;1-2/h2-5H,6-10H2,1H3,(H,16,20);3-7H,1-2H2;5H,3-4H2,1-2H3;1-2H3. The van der Waals surface area contributed by atoms with E-state index in [0.29, 0.717) is 31.7 Å². The number of halogens is 2. The Morgan fingerprint density at radius 3 is 1.85 bits per heavy atom. The molecule has 39 heavy (non-hydrogen) atoms. The highest BCUT2D eigenvalue weighted by Crippen LogP contribution is 2.39. The monoisotopic (exact) mass is 566 g/mol. The van der Waals surface area contributed by atoms with E-state index in [4.69, 9.17) is 0 Å². The lowest BCUT2D eigenvalue weighted by molar-refractivity contribution is -0.131. The maximum absolute atomic E-state index is 12.8. The molecule has 0 aromatic heterocycles. The summed E-state index contributed by atoms with van der Waals surface area (Å²) < 4.78 is 38.3. The van der Waals surface area contributed by atoms with Crippen LogP contribution in [0.1, 0.15) is 61.9 Å². The van der Waals surface area contributed by atoms with E-state index in [-0.39, 0.29) is 18.3 Å². The number of hydrogen-bond donors (Lipinski definition) is 2. The SMILES string of the molecule is CC.CCCNC.CS(=O)N1CCN(C(=O)CNC(=O)c2ccc(F)cc2)CC1.Fc1ccc(C2CC2)cc1. The van der Waals surface area contributed by atoms with E-state index in [1.54, 1.807) is 15.5 Å². The second-order valence-electron chi connectivity index (χ2n) is 8.85. The molecule has 7 nitrogen and oxygen atoms in total. The van der Waals surface area contributed by atoms with E-state index < -0.39 is 22.7 Å². The fourth-order valence-electron chi connectivity index (χ4n) is 3.57. The zero-order chi connectivity index (χ0) is 29.2. The predicted octanol–water partition coefficient (Wildman–Crippen LogP) is 4.34. The molecule has 0 radical (unpaired) electrons. The van der Waals surface area contributed by atoms with Gasteiger partial charge in [0, 0.05) is 38.0 Å². The van der Waals surface area contributed by atoms with Gasteiger partial charge >= 0.3 is 0 Å². The van der Waals surface area contributed by atoms with Crippen molar-refractivity contribution in [3.63, 3.8) is 0 Å². The third-order valence-electron chi connectivity index (χ3n) is 5.88. The lowest BCUT2D eigenvalue weighted by atomic mass is 10.1. The summed E-state index contributed by atoms with van der Waals surface area (Å²) in [5.41, 5.74) is 1.60. The highest BCUT2D eigenvalue weighted by molar-refractivity contribution is 7.81. The van der Waals surface area contributed by atoms with Crippen LogP contribution in [0.25, 0.3) is 0 Å². The van der Waals surface area contributed by atoms with E-state index in [1.165, 1.54) is 61.2 Å². The van der Waals surface area contributed by atoms with Gasteiger partial charge in [0.1, 0.15) is 11.6 Å². The van der Waals surface area contributed by atoms with Gasteiger partial charge in [-0.05, 0) is 80.7 Å². The number of hydrogen-bond acceptors (Lipinski definition) is 4. The van der Waals surface area contributed by atoms with Crippen LogP contribution in [-0.4, -0.2) is 77.8 Å². The fraction of sp³-hybridized carbons (Fsp3) is 0.517. The molecule has 2 aromatic rings. The van der Waals surface area contributed by atoms with Crippen molar-refractivity contribution in [2.75, 3.05) is 52.6 Å². The van der Waals surface area contributed by atoms with Crippen LogP contribution in [0.4, 0.5) is 8.78 Å². The summed E-state index contributed by atoms with van der Waals surface area (Å²) >= 11 is 0. The molecule has 10 heteroatoms. The van der Waals surface area contributed by atoms with Crippen molar-refractivity contribution in [1.82, 2.24) is 19.8 Å². The van der Waals surface area contributed by atoms with E-state index in [2.05, 4.69) is 17.6 Å². The number of nitrogens with one attached hydrogen (secondary N) is 2.